The maximum absolute atomic E-state index is 12.9. The van der Waals surface area contributed by atoms with Gasteiger partial charge in [-0.1, -0.05) is 25.8 Å². The van der Waals surface area contributed by atoms with Gasteiger partial charge in [0.1, 0.15) is 11.3 Å². The maximum Gasteiger partial charge on any atom is 0.272 e. The number of aromatic nitrogens is 2. The Morgan fingerprint density at radius 2 is 2.04 bits per heavy atom. The van der Waals surface area contributed by atoms with E-state index in [1.54, 1.807) is 6.20 Å². The molecule has 0 N–H and O–H groups in total. The molecule has 1 fully saturated rings. The van der Waals surface area contributed by atoms with Gasteiger partial charge in [0.15, 0.2) is 0 Å². The number of carbonyl (C=O) groups excluding carboxylic acids is 1. The second kappa shape index (κ2) is 6.73. The summed E-state index contributed by atoms with van der Waals surface area (Å²) in [5.74, 6) is 0.948. The average molecular weight is 313 g/mol. The van der Waals surface area contributed by atoms with E-state index < -0.39 is 0 Å². The van der Waals surface area contributed by atoms with E-state index in [9.17, 15) is 4.79 Å². The fraction of sp³-hybridized carbons (Fsp3) is 0.579. The summed E-state index contributed by atoms with van der Waals surface area (Å²) in [4.78, 5) is 19.3. The highest BCUT2D eigenvalue weighted by Gasteiger charge is 2.28. The fourth-order valence-electron chi connectivity index (χ4n) is 3.93. The minimum Gasteiger partial charge on any atom is -0.337 e. The van der Waals surface area contributed by atoms with E-state index in [0.29, 0.717) is 11.7 Å². The molecule has 2 heterocycles. The number of nitrogens with zero attached hydrogens (tertiary/aromatic N) is 3. The second-order valence-electron chi connectivity index (χ2n) is 6.88. The number of rotatable bonds is 4. The van der Waals surface area contributed by atoms with E-state index in [4.69, 9.17) is 0 Å². The first kappa shape index (κ1) is 16.0. The molecule has 1 aliphatic rings. The molecular formula is C19H27N3O. The fourth-order valence-corrected chi connectivity index (χ4v) is 3.93. The Labute approximate surface area is 138 Å². The monoisotopic (exact) mass is 313 g/mol. The first-order valence-electron chi connectivity index (χ1n) is 8.82. The number of hydrogen-bond acceptors (Lipinski definition) is 2. The molecule has 4 heteroatoms. The molecule has 0 saturated heterocycles. The van der Waals surface area contributed by atoms with E-state index in [-0.39, 0.29) is 5.91 Å². The molecule has 0 spiro atoms. The van der Waals surface area contributed by atoms with E-state index in [0.717, 1.165) is 30.1 Å². The lowest BCUT2D eigenvalue weighted by Crippen LogP contribution is -2.40. The number of pyridine rings is 1. The highest BCUT2D eigenvalue weighted by atomic mass is 16.2. The van der Waals surface area contributed by atoms with Gasteiger partial charge in [0, 0.05) is 18.8 Å². The molecule has 0 aromatic carbocycles. The molecule has 2 aromatic heterocycles. The molecule has 3 rings (SSSR count). The van der Waals surface area contributed by atoms with Crippen molar-refractivity contribution in [1.29, 1.82) is 0 Å². The third kappa shape index (κ3) is 3.12. The lowest BCUT2D eigenvalue weighted by molar-refractivity contribution is 0.0666. The maximum atomic E-state index is 12.9. The summed E-state index contributed by atoms with van der Waals surface area (Å²) in [5.41, 5.74) is 2.56. The van der Waals surface area contributed by atoms with Crippen molar-refractivity contribution in [2.24, 2.45) is 5.92 Å². The third-order valence-corrected chi connectivity index (χ3v) is 5.32. The standard InChI is InChI=1S/C19H27N3O/c1-4-6-15-9-11-16(12-10-15)21(3)19(23)17-13-20-18-8-5-7-14(2)22(17)18/h5,7-8,13,15-16H,4,6,9-12H2,1-3H3. The van der Waals surface area contributed by atoms with Crippen LogP contribution in [0.4, 0.5) is 0 Å². The van der Waals surface area contributed by atoms with E-state index in [1.165, 1.54) is 25.7 Å². The lowest BCUT2D eigenvalue weighted by Gasteiger charge is -2.34. The lowest BCUT2D eigenvalue weighted by atomic mass is 9.83. The zero-order chi connectivity index (χ0) is 16.4. The van der Waals surface area contributed by atoms with Crippen LogP contribution in [-0.4, -0.2) is 33.3 Å². The van der Waals surface area contributed by atoms with Crippen LogP contribution in [0.2, 0.25) is 0 Å². The van der Waals surface area contributed by atoms with Crippen molar-refractivity contribution >= 4 is 11.6 Å². The molecule has 0 bridgehead atoms. The van der Waals surface area contributed by atoms with Crippen LogP contribution in [0.3, 0.4) is 0 Å². The topological polar surface area (TPSA) is 37.6 Å². The van der Waals surface area contributed by atoms with Crippen LogP contribution in [0.5, 0.6) is 0 Å². The summed E-state index contributed by atoms with van der Waals surface area (Å²) in [6.07, 6.45) is 9.07. The van der Waals surface area contributed by atoms with Crippen LogP contribution in [-0.2, 0) is 0 Å². The molecule has 23 heavy (non-hydrogen) atoms. The molecule has 4 nitrogen and oxygen atoms in total. The van der Waals surface area contributed by atoms with Gasteiger partial charge < -0.3 is 4.90 Å². The smallest absolute Gasteiger partial charge is 0.272 e. The van der Waals surface area contributed by atoms with Gasteiger partial charge in [0.05, 0.1) is 6.20 Å². The second-order valence-corrected chi connectivity index (χ2v) is 6.88. The Balaban J connectivity index is 1.75. The minimum absolute atomic E-state index is 0.0886. The van der Waals surface area contributed by atoms with Crippen LogP contribution in [0, 0.1) is 12.8 Å². The van der Waals surface area contributed by atoms with Crippen LogP contribution < -0.4 is 0 Å². The Morgan fingerprint density at radius 3 is 2.74 bits per heavy atom. The predicted molar refractivity (Wildman–Crippen MR) is 92.7 cm³/mol. The molecule has 124 valence electrons. The molecule has 0 atom stereocenters. The molecule has 0 radical (unpaired) electrons. The Hall–Kier alpha value is -1.84. The van der Waals surface area contributed by atoms with Gasteiger partial charge >= 0.3 is 0 Å². The number of carbonyl (C=O) groups is 1. The van der Waals surface area contributed by atoms with Crippen LogP contribution in [0.15, 0.2) is 24.4 Å². The summed E-state index contributed by atoms with van der Waals surface area (Å²) in [5, 5.41) is 0. The zero-order valence-electron chi connectivity index (χ0n) is 14.5. The Kier molecular flexibility index (Phi) is 4.69. The minimum atomic E-state index is 0.0886. The number of fused-ring (bicyclic) bond motifs is 1. The number of amides is 1. The summed E-state index contributed by atoms with van der Waals surface area (Å²) in [6, 6.07) is 6.30. The van der Waals surface area contributed by atoms with Gasteiger partial charge in [-0.2, -0.15) is 0 Å². The van der Waals surface area contributed by atoms with Gasteiger partial charge in [-0.25, -0.2) is 4.98 Å². The third-order valence-electron chi connectivity index (χ3n) is 5.32. The van der Waals surface area contributed by atoms with Gasteiger partial charge in [-0.3, -0.25) is 9.20 Å². The number of aryl methyl sites for hydroxylation is 1. The van der Waals surface area contributed by atoms with Crippen molar-refractivity contribution in [2.75, 3.05) is 7.05 Å². The molecule has 2 aromatic rings. The first-order valence-corrected chi connectivity index (χ1v) is 8.82. The SMILES string of the molecule is CCCC1CCC(N(C)C(=O)c2cnc3cccc(C)n23)CC1. The quantitative estimate of drug-likeness (QED) is 0.853. The summed E-state index contributed by atoms with van der Waals surface area (Å²) < 4.78 is 1.96. The van der Waals surface area contributed by atoms with Crippen LogP contribution in [0.1, 0.15) is 61.6 Å². The average Bonchev–Trinajstić information content (AvgIpc) is 3.00. The summed E-state index contributed by atoms with van der Waals surface area (Å²) in [7, 11) is 1.95. The highest BCUT2D eigenvalue weighted by Crippen LogP contribution is 2.30. The van der Waals surface area contributed by atoms with E-state index in [1.807, 2.05) is 41.5 Å². The van der Waals surface area contributed by atoms with Gasteiger partial charge in [0.25, 0.3) is 5.91 Å². The largest absolute Gasteiger partial charge is 0.337 e. The molecule has 0 aliphatic heterocycles. The molecular weight excluding hydrogens is 286 g/mol. The van der Waals surface area contributed by atoms with Crippen LogP contribution >= 0.6 is 0 Å². The highest BCUT2D eigenvalue weighted by molar-refractivity contribution is 5.93. The van der Waals surface area contributed by atoms with Crippen molar-refractivity contribution < 1.29 is 4.79 Å². The predicted octanol–water partition coefficient (Wildman–Crippen LogP) is 4.07. The molecule has 0 unspecified atom stereocenters. The Bertz CT molecular complexity index is 683. The zero-order valence-corrected chi connectivity index (χ0v) is 14.5. The normalized spacial score (nSPS) is 21.5. The van der Waals surface area contributed by atoms with Crippen molar-refractivity contribution in [2.45, 2.75) is 58.4 Å². The van der Waals surface area contributed by atoms with Crippen molar-refractivity contribution in [3.63, 3.8) is 0 Å². The van der Waals surface area contributed by atoms with E-state index >= 15 is 0 Å². The summed E-state index contributed by atoms with van der Waals surface area (Å²) >= 11 is 0. The van der Waals surface area contributed by atoms with Gasteiger partial charge in [0.2, 0.25) is 0 Å². The molecule has 1 amide bonds. The molecule has 1 saturated carbocycles. The summed E-state index contributed by atoms with van der Waals surface area (Å²) in [6.45, 7) is 4.27. The number of imidazole rings is 1. The Morgan fingerprint density at radius 1 is 1.30 bits per heavy atom. The van der Waals surface area contributed by atoms with Gasteiger partial charge in [-0.15, -0.1) is 0 Å². The van der Waals surface area contributed by atoms with Gasteiger partial charge in [-0.05, 0) is 50.7 Å². The van der Waals surface area contributed by atoms with Crippen LogP contribution in [0.25, 0.3) is 5.65 Å². The van der Waals surface area contributed by atoms with Crippen molar-refractivity contribution in [1.82, 2.24) is 14.3 Å². The van der Waals surface area contributed by atoms with E-state index in [2.05, 4.69) is 11.9 Å². The van der Waals surface area contributed by atoms with Crippen molar-refractivity contribution in [3.8, 4) is 0 Å². The van der Waals surface area contributed by atoms with Crippen molar-refractivity contribution in [3.05, 3.63) is 35.8 Å². The molecule has 1 aliphatic carbocycles. The number of hydrogen-bond donors (Lipinski definition) is 0. The first-order chi connectivity index (χ1) is 11.1.